The van der Waals surface area contributed by atoms with Gasteiger partial charge in [0.1, 0.15) is 12.6 Å². The average Bonchev–Trinajstić information content (AvgIpc) is 2.86. The molecule has 0 fully saturated rings. The third-order valence-corrected chi connectivity index (χ3v) is 8.52. The number of carbonyl (C=O) groups excluding carboxylic acids is 2. The molecule has 202 valence electrons. The zero-order chi connectivity index (χ0) is 28.0. The number of nitrogens with zero attached hydrogens (tertiary/aromatic N) is 2. The molecule has 0 saturated carbocycles. The van der Waals surface area contributed by atoms with Crippen LogP contribution in [0.1, 0.15) is 37.5 Å². The quantitative estimate of drug-likeness (QED) is 0.347. The lowest BCUT2D eigenvalue weighted by atomic mass is 10.1. The van der Waals surface area contributed by atoms with Gasteiger partial charge in [-0.15, -0.1) is 0 Å². The Morgan fingerprint density at radius 3 is 2.08 bits per heavy atom. The first-order valence-electron chi connectivity index (χ1n) is 12.4. The molecular formula is C29H34BrN3O4S. The van der Waals surface area contributed by atoms with Crippen LogP contribution in [0.5, 0.6) is 0 Å². The fourth-order valence-corrected chi connectivity index (χ4v) is 5.61. The standard InChI is InChI=1S/C29H34BrN3O4S/c1-20(2)31-29(35)23(5)32(18-24-9-7-6-8-22(24)4)28(34)19-33(26-14-12-25(30)13-15-26)38(36,37)27-16-10-21(3)11-17-27/h6-17,20,23H,18-19H2,1-5H3,(H,31,35)/t23-/m0/s1. The summed E-state index contributed by atoms with van der Waals surface area (Å²) in [6, 6.07) is 19.9. The molecule has 0 aromatic heterocycles. The van der Waals surface area contributed by atoms with E-state index in [0.29, 0.717) is 5.69 Å². The highest BCUT2D eigenvalue weighted by Crippen LogP contribution is 2.26. The molecule has 0 bridgehead atoms. The number of anilines is 1. The zero-order valence-electron chi connectivity index (χ0n) is 22.3. The molecular weight excluding hydrogens is 566 g/mol. The van der Waals surface area contributed by atoms with Crippen LogP contribution in [0.15, 0.2) is 82.2 Å². The van der Waals surface area contributed by atoms with Gasteiger partial charge in [0, 0.05) is 17.1 Å². The summed E-state index contributed by atoms with van der Waals surface area (Å²) in [5.41, 5.74) is 3.11. The fourth-order valence-electron chi connectivity index (χ4n) is 3.93. The number of sulfonamides is 1. The zero-order valence-corrected chi connectivity index (χ0v) is 24.7. The summed E-state index contributed by atoms with van der Waals surface area (Å²) < 4.78 is 29.5. The summed E-state index contributed by atoms with van der Waals surface area (Å²) in [7, 11) is -4.09. The van der Waals surface area contributed by atoms with Crippen molar-refractivity contribution in [2.45, 2.75) is 58.1 Å². The first kappa shape index (κ1) is 29.4. The lowest BCUT2D eigenvalue weighted by molar-refractivity contribution is -0.139. The van der Waals surface area contributed by atoms with Crippen molar-refractivity contribution in [3.63, 3.8) is 0 Å². The molecule has 7 nitrogen and oxygen atoms in total. The summed E-state index contributed by atoms with van der Waals surface area (Å²) >= 11 is 3.38. The Bertz CT molecular complexity index is 1370. The predicted octanol–water partition coefficient (Wildman–Crippen LogP) is 5.20. The number of benzene rings is 3. The Labute approximate surface area is 234 Å². The maximum atomic E-state index is 13.9. The van der Waals surface area contributed by atoms with Crippen molar-refractivity contribution in [3.05, 3.63) is 94.0 Å². The number of amides is 2. The van der Waals surface area contributed by atoms with Crippen LogP contribution in [-0.4, -0.2) is 43.8 Å². The maximum absolute atomic E-state index is 13.9. The second-order valence-electron chi connectivity index (χ2n) is 9.59. The van der Waals surface area contributed by atoms with Crippen LogP contribution in [0.3, 0.4) is 0 Å². The van der Waals surface area contributed by atoms with Crippen LogP contribution in [0.2, 0.25) is 0 Å². The molecule has 9 heteroatoms. The minimum absolute atomic E-state index is 0.0786. The number of halogens is 1. The van der Waals surface area contributed by atoms with Crippen molar-refractivity contribution >= 4 is 43.5 Å². The highest BCUT2D eigenvalue weighted by atomic mass is 79.9. The molecule has 38 heavy (non-hydrogen) atoms. The highest BCUT2D eigenvalue weighted by Gasteiger charge is 2.32. The second kappa shape index (κ2) is 12.6. The number of aryl methyl sites for hydroxylation is 2. The van der Waals surface area contributed by atoms with Gasteiger partial charge in [-0.2, -0.15) is 0 Å². The molecule has 2 amide bonds. The smallest absolute Gasteiger partial charge is 0.264 e. The van der Waals surface area contributed by atoms with Gasteiger partial charge < -0.3 is 10.2 Å². The molecule has 0 heterocycles. The van der Waals surface area contributed by atoms with Crippen molar-refractivity contribution in [3.8, 4) is 0 Å². The molecule has 3 aromatic carbocycles. The van der Waals surface area contributed by atoms with E-state index >= 15 is 0 Å². The number of nitrogens with one attached hydrogen (secondary N) is 1. The van der Waals surface area contributed by atoms with E-state index in [1.807, 2.05) is 52.0 Å². The van der Waals surface area contributed by atoms with E-state index in [2.05, 4.69) is 21.2 Å². The lowest BCUT2D eigenvalue weighted by Gasteiger charge is -2.32. The predicted molar refractivity (Wildman–Crippen MR) is 154 cm³/mol. The van der Waals surface area contributed by atoms with E-state index in [9.17, 15) is 18.0 Å². The largest absolute Gasteiger partial charge is 0.352 e. The van der Waals surface area contributed by atoms with Gasteiger partial charge in [0.15, 0.2) is 0 Å². The van der Waals surface area contributed by atoms with E-state index in [1.165, 1.54) is 17.0 Å². The molecule has 1 N–H and O–H groups in total. The van der Waals surface area contributed by atoms with Crippen LogP contribution in [0.4, 0.5) is 5.69 Å². The summed E-state index contributed by atoms with van der Waals surface area (Å²) in [6.45, 7) is 8.86. The van der Waals surface area contributed by atoms with Crippen molar-refractivity contribution in [1.29, 1.82) is 0 Å². The normalized spacial score (nSPS) is 12.2. The van der Waals surface area contributed by atoms with Crippen molar-refractivity contribution in [2.75, 3.05) is 10.8 Å². The van der Waals surface area contributed by atoms with E-state index < -0.39 is 28.5 Å². The highest BCUT2D eigenvalue weighted by molar-refractivity contribution is 9.10. The van der Waals surface area contributed by atoms with E-state index in [-0.39, 0.29) is 23.4 Å². The molecule has 0 spiro atoms. The van der Waals surface area contributed by atoms with Crippen LogP contribution in [0, 0.1) is 13.8 Å². The summed E-state index contributed by atoms with van der Waals surface area (Å²) in [5.74, 6) is -0.795. The van der Waals surface area contributed by atoms with Gasteiger partial charge in [0.25, 0.3) is 10.0 Å². The van der Waals surface area contributed by atoms with Gasteiger partial charge in [-0.3, -0.25) is 13.9 Å². The minimum atomic E-state index is -4.09. The number of hydrogen-bond acceptors (Lipinski definition) is 4. The molecule has 1 atom stereocenters. The Morgan fingerprint density at radius 1 is 0.895 bits per heavy atom. The number of carbonyl (C=O) groups is 2. The van der Waals surface area contributed by atoms with Gasteiger partial charge >= 0.3 is 0 Å². The van der Waals surface area contributed by atoms with Gasteiger partial charge in [-0.25, -0.2) is 8.42 Å². The van der Waals surface area contributed by atoms with Gasteiger partial charge in [-0.05, 0) is 82.1 Å². The maximum Gasteiger partial charge on any atom is 0.264 e. The van der Waals surface area contributed by atoms with E-state index in [4.69, 9.17) is 0 Å². The fraction of sp³-hybridized carbons (Fsp3) is 0.310. The molecule has 0 saturated heterocycles. The SMILES string of the molecule is Cc1ccc(S(=O)(=O)N(CC(=O)N(Cc2ccccc2C)[C@@H](C)C(=O)NC(C)C)c2ccc(Br)cc2)cc1. The Hall–Kier alpha value is -3.17. The molecule has 3 rings (SSSR count). The summed E-state index contributed by atoms with van der Waals surface area (Å²) in [6.07, 6.45) is 0. The third kappa shape index (κ3) is 7.23. The van der Waals surface area contributed by atoms with Crippen molar-refractivity contribution in [2.24, 2.45) is 0 Å². The lowest BCUT2D eigenvalue weighted by Crippen LogP contribution is -2.52. The molecule has 0 aliphatic carbocycles. The van der Waals surface area contributed by atoms with Crippen LogP contribution in [-0.2, 0) is 26.2 Å². The first-order valence-corrected chi connectivity index (χ1v) is 14.6. The first-order chi connectivity index (χ1) is 17.9. The topological polar surface area (TPSA) is 86.8 Å². The molecule has 0 unspecified atom stereocenters. The van der Waals surface area contributed by atoms with Crippen LogP contribution >= 0.6 is 15.9 Å². The van der Waals surface area contributed by atoms with Crippen molar-refractivity contribution < 1.29 is 18.0 Å². The Kier molecular flexibility index (Phi) is 9.73. The van der Waals surface area contributed by atoms with Gasteiger partial charge in [0.2, 0.25) is 11.8 Å². The molecule has 0 radical (unpaired) electrons. The second-order valence-corrected chi connectivity index (χ2v) is 12.4. The van der Waals surface area contributed by atoms with Gasteiger partial charge in [-0.1, -0.05) is 57.9 Å². The Balaban J connectivity index is 2.03. The van der Waals surface area contributed by atoms with E-state index in [0.717, 1.165) is 25.5 Å². The number of rotatable bonds is 10. The summed E-state index contributed by atoms with van der Waals surface area (Å²) in [5, 5.41) is 2.86. The minimum Gasteiger partial charge on any atom is -0.352 e. The third-order valence-electron chi connectivity index (χ3n) is 6.20. The molecule has 3 aromatic rings. The monoisotopic (exact) mass is 599 g/mol. The molecule has 0 aliphatic heterocycles. The van der Waals surface area contributed by atoms with Crippen LogP contribution in [0.25, 0.3) is 0 Å². The van der Waals surface area contributed by atoms with Crippen LogP contribution < -0.4 is 9.62 Å². The van der Waals surface area contributed by atoms with Gasteiger partial charge in [0.05, 0.1) is 10.6 Å². The van der Waals surface area contributed by atoms with Crippen molar-refractivity contribution in [1.82, 2.24) is 10.2 Å². The Morgan fingerprint density at radius 2 is 1.50 bits per heavy atom. The summed E-state index contributed by atoms with van der Waals surface area (Å²) in [4.78, 5) is 28.4. The molecule has 0 aliphatic rings. The number of hydrogen-bond donors (Lipinski definition) is 1. The van der Waals surface area contributed by atoms with E-state index in [1.54, 1.807) is 43.3 Å². The average molecular weight is 601 g/mol.